The highest BCUT2D eigenvalue weighted by atomic mass is 16.8. The van der Waals surface area contributed by atoms with Crippen LogP contribution < -0.4 is 16.0 Å². The summed E-state index contributed by atoms with van der Waals surface area (Å²) in [5.74, 6) is -1.47. The molecule has 0 radical (unpaired) electrons. The van der Waals surface area contributed by atoms with Gasteiger partial charge in [0.1, 0.15) is 13.2 Å². The molecule has 0 bridgehead atoms. The van der Waals surface area contributed by atoms with E-state index < -0.39 is 70.3 Å². The Kier molecular flexibility index (Phi) is 13.2. The molecule has 310 valence electrons. The van der Waals surface area contributed by atoms with Crippen molar-refractivity contribution in [2.24, 2.45) is 10.8 Å². The molecule has 1 aromatic rings. The number of allylic oxidation sites excluding steroid dienone is 8. The Morgan fingerprint density at radius 2 is 1.45 bits per heavy atom. The topological polar surface area (TPSA) is 194 Å². The van der Waals surface area contributed by atoms with Gasteiger partial charge in [0.05, 0.1) is 17.7 Å². The first-order chi connectivity index (χ1) is 27.3. The van der Waals surface area contributed by atoms with Crippen molar-refractivity contribution in [1.82, 2.24) is 10.6 Å². The van der Waals surface area contributed by atoms with Gasteiger partial charge in [-0.05, 0) is 71.9 Å². The van der Waals surface area contributed by atoms with E-state index >= 15 is 0 Å². The number of nitrogens with one attached hydrogen (secondary N) is 3. The van der Waals surface area contributed by atoms with Gasteiger partial charge in [0.15, 0.2) is 0 Å². The molecule has 3 N–H and O–H groups in total. The smallest absolute Gasteiger partial charge is 0.452 e. The van der Waals surface area contributed by atoms with E-state index in [1.165, 1.54) is 7.11 Å². The summed E-state index contributed by atoms with van der Waals surface area (Å²) in [6.07, 6.45) is 13.8. The second kappa shape index (κ2) is 17.7. The number of hydrogen-bond donors (Lipinski definition) is 3. The standard InChI is InChI=1S/C43H51N3O12/c1-40(2,29-9-8-16-42(5,17-14-29)45-36(49)32(23-53-7)56-26-47)21-28-19-30(15-18-43(6,22-28)46-37(50)34-25-55-39(52)58-34)41(3,4)20-27-10-12-31(13-11-27)44-35(48)33-24-54-38(51)57-33/h8-19,22,26,32-34H,20-21,23-25H2,1-7H3,(H,44,48)(H,45,49)(H,46,50). The van der Waals surface area contributed by atoms with Crippen LogP contribution in [-0.4, -0.2) is 92.8 Å². The Labute approximate surface area is 337 Å². The van der Waals surface area contributed by atoms with E-state index in [1.54, 1.807) is 12.1 Å². The van der Waals surface area contributed by atoms with Gasteiger partial charge in [-0.3, -0.25) is 19.2 Å². The summed E-state index contributed by atoms with van der Waals surface area (Å²) in [7, 11) is 1.41. The predicted molar refractivity (Wildman–Crippen MR) is 211 cm³/mol. The maximum atomic E-state index is 13.3. The van der Waals surface area contributed by atoms with Gasteiger partial charge in [-0.1, -0.05) is 94.5 Å². The molecule has 2 heterocycles. The van der Waals surface area contributed by atoms with Crippen molar-refractivity contribution in [2.45, 2.75) is 83.8 Å². The Bertz CT molecular complexity index is 1970. The number of benzene rings is 1. The Morgan fingerprint density at radius 1 is 0.845 bits per heavy atom. The molecule has 5 unspecified atom stereocenters. The van der Waals surface area contributed by atoms with E-state index in [1.807, 2.05) is 74.6 Å². The number of amides is 3. The number of cyclic esters (lactones) is 4. The molecule has 4 aliphatic rings. The average molecular weight is 802 g/mol. The minimum absolute atomic E-state index is 0.0936. The van der Waals surface area contributed by atoms with E-state index in [-0.39, 0.29) is 26.3 Å². The van der Waals surface area contributed by atoms with Crippen LogP contribution in [0.2, 0.25) is 0 Å². The number of carbonyl (C=O) groups excluding carboxylic acids is 6. The van der Waals surface area contributed by atoms with Crippen molar-refractivity contribution in [3.05, 3.63) is 101 Å². The average Bonchev–Trinajstić information content (AvgIpc) is 3.69. The second-order valence-corrected chi connectivity index (χ2v) is 16.3. The lowest BCUT2D eigenvalue weighted by Crippen LogP contribution is -2.49. The highest BCUT2D eigenvalue weighted by Crippen LogP contribution is 2.41. The number of carbonyl (C=O) groups is 6. The number of hydrogen-bond acceptors (Lipinski definition) is 12. The summed E-state index contributed by atoms with van der Waals surface area (Å²) in [4.78, 5) is 72.7. The van der Waals surface area contributed by atoms with E-state index in [4.69, 9.17) is 28.4 Å². The Morgan fingerprint density at radius 3 is 2.05 bits per heavy atom. The first-order valence-electron chi connectivity index (χ1n) is 18.8. The van der Waals surface area contributed by atoms with Gasteiger partial charge >= 0.3 is 12.3 Å². The van der Waals surface area contributed by atoms with Crippen LogP contribution in [-0.2, 0) is 54.0 Å². The molecule has 15 nitrogen and oxygen atoms in total. The molecule has 0 spiro atoms. The summed E-state index contributed by atoms with van der Waals surface area (Å²) in [5, 5.41) is 8.72. The van der Waals surface area contributed by atoms with Crippen LogP contribution >= 0.6 is 0 Å². The fraction of sp³-hybridized carbons (Fsp3) is 0.442. The van der Waals surface area contributed by atoms with Crippen LogP contribution in [0.3, 0.4) is 0 Å². The van der Waals surface area contributed by atoms with Crippen molar-refractivity contribution in [3.63, 3.8) is 0 Å². The van der Waals surface area contributed by atoms with Crippen LogP contribution in [0, 0.1) is 10.8 Å². The zero-order valence-corrected chi connectivity index (χ0v) is 33.7. The molecule has 5 rings (SSSR count). The van der Waals surface area contributed by atoms with Gasteiger partial charge in [0.2, 0.25) is 18.3 Å². The van der Waals surface area contributed by atoms with Crippen LogP contribution in [0.15, 0.2) is 95.7 Å². The molecule has 0 saturated carbocycles. The number of rotatable bonds is 16. The Balaban J connectivity index is 1.37. The molecule has 2 aliphatic carbocycles. The molecular weight excluding hydrogens is 750 g/mol. The summed E-state index contributed by atoms with van der Waals surface area (Å²) in [6, 6.07) is 7.42. The Hall–Kier alpha value is -5.96. The molecule has 1 aromatic carbocycles. The first kappa shape index (κ1) is 43.2. The molecule has 2 aliphatic heterocycles. The quantitative estimate of drug-likeness (QED) is 0.114. The molecule has 5 atom stereocenters. The number of ether oxygens (including phenoxy) is 6. The lowest BCUT2D eigenvalue weighted by Gasteiger charge is -2.30. The molecule has 2 fully saturated rings. The van der Waals surface area contributed by atoms with Crippen molar-refractivity contribution >= 4 is 42.2 Å². The SMILES string of the molecule is COCC(OC=O)C(=O)NC1(C)C=CC=C(C(C)(C)CC2=CC(C)(NC(=O)C3COC(=O)O3)C=CC(C(C)(C)Cc3ccc(NC(=O)C4COC(=O)O4)cc3)=C2)C=C1. The molecule has 58 heavy (non-hydrogen) atoms. The monoisotopic (exact) mass is 801 g/mol. The molecular formula is C43H51N3O12. The van der Waals surface area contributed by atoms with Gasteiger partial charge in [0.25, 0.3) is 24.2 Å². The summed E-state index contributed by atoms with van der Waals surface area (Å²) < 4.78 is 29.5. The maximum absolute atomic E-state index is 13.3. The molecule has 3 amide bonds. The largest absolute Gasteiger partial charge is 0.509 e. The van der Waals surface area contributed by atoms with Crippen molar-refractivity contribution in [1.29, 1.82) is 0 Å². The van der Waals surface area contributed by atoms with Gasteiger partial charge in [-0.2, -0.15) is 0 Å². The fourth-order valence-electron chi connectivity index (χ4n) is 7.00. The third-order valence-electron chi connectivity index (χ3n) is 10.2. The lowest BCUT2D eigenvalue weighted by atomic mass is 9.75. The highest BCUT2D eigenvalue weighted by molar-refractivity contribution is 5.96. The van der Waals surface area contributed by atoms with Crippen molar-refractivity contribution in [2.75, 3.05) is 32.2 Å². The summed E-state index contributed by atoms with van der Waals surface area (Å²) in [5.41, 5.74) is 1.66. The lowest BCUT2D eigenvalue weighted by molar-refractivity contribution is -0.148. The zero-order chi connectivity index (χ0) is 42.3. The molecule has 2 saturated heterocycles. The van der Waals surface area contributed by atoms with Crippen LogP contribution in [0.4, 0.5) is 15.3 Å². The van der Waals surface area contributed by atoms with Gasteiger partial charge in [-0.25, -0.2) is 9.59 Å². The van der Waals surface area contributed by atoms with Gasteiger partial charge < -0.3 is 44.4 Å². The first-order valence-corrected chi connectivity index (χ1v) is 18.8. The summed E-state index contributed by atoms with van der Waals surface area (Å²) in [6.45, 7) is 12.0. The van der Waals surface area contributed by atoms with Crippen molar-refractivity contribution in [3.8, 4) is 0 Å². The van der Waals surface area contributed by atoms with E-state index in [2.05, 4.69) is 49.7 Å². The molecule has 15 heteroatoms. The normalized spacial score (nSPS) is 24.6. The van der Waals surface area contributed by atoms with Crippen LogP contribution in [0.5, 0.6) is 0 Å². The minimum Gasteiger partial charge on any atom is -0.452 e. The third kappa shape index (κ3) is 11.1. The van der Waals surface area contributed by atoms with E-state index in [9.17, 15) is 28.8 Å². The van der Waals surface area contributed by atoms with E-state index in [0.717, 1.165) is 22.3 Å². The van der Waals surface area contributed by atoms with E-state index in [0.29, 0.717) is 18.5 Å². The predicted octanol–water partition coefficient (Wildman–Crippen LogP) is 5.09. The zero-order valence-electron chi connectivity index (χ0n) is 33.7. The number of methoxy groups -OCH3 is 1. The third-order valence-corrected chi connectivity index (χ3v) is 10.2. The summed E-state index contributed by atoms with van der Waals surface area (Å²) >= 11 is 0. The van der Waals surface area contributed by atoms with Gasteiger partial charge in [-0.15, -0.1) is 0 Å². The maximum Gasteiger partial charge on any atom is 0.509 e. The number of anilines is 1. The highest BCUT2D eigenvalue weighted by Gasteiger charge is 2.37. The van der Waals surface area contributed by atoms with Crippen LogP contribution in [0.1, 0.15) is 53.5 Å². The van der Waals surface area contributed by atoms with Crippen LogP contribution in [0.25, 0.3) is 0 Å². The van der Waals surface area contributed by atoms with Gasteiger partial charge in [0, 0.05) is 12.8 Å². The minimum atomic E-state index is -1.11. The fourth-order valence-corrected chi connectivity index (χ4v) is 7.00. The second-order valence-electron chi connectivity index (χ2n) is 16.3. The molecule has 0 aromatic heterocycles. The van der Waals surface area contributed by atoms with Crippen molar-refractivity contribution < 1.29 is 57.2 Å².